The molecule has 5 unspecified atom stereocenters. The average Bonchev–Trinajstić information content (AvgIpc) is 3.65. The van der Waals surface area contributed by atoms with Crippen molar-refractivity contribution in [2.45, 2.75) is 191 Å². The fourth-order valence-electron chi connectivity index (χ4n) is 9.52. The predicted molar refractivity (Wildman–Crippen MR) is 198 cm³/mol. The van der Waals surface area contributed by atoms with Gasteiger partial charge in [-0.15, -0.1) is 0 Å². The van der Waals surface area contributed by atoms with Crippen molar-refractivity contribution in [2.24, 2.45) is 57.2 Å². The van der Waals surface area contributed by atoms with Crippen LogP contribution >= 0.6 is 0 Å². The van der Waals surface area contributed by atoms with Crippen LogP contribution in [0.1, 0.15) is 168 Å². The summed E-state index contributed by atoms with van der Waals surface area (Å²) in [4.78, 5) is 47.8. The number of hydrogen-bond donors (Lipinski definition) is 0. The van der Waals surface area contributed by atoms with Crippen LogP contribution in [0, 0.1) is 57.2 Å². The molecule has 8 heteroatoms. The molecule has 1 saturated heterocycles. The van der Waals surface area contributed by atoms with E-state index in [0.717, 1.165) is 49.9 Å². The summed E-state index contributed by atoms with van der Waals surface area (Å²) in [5.41, 5.74) is -1.60. The van der Waals surface area contributed by atoms with E-state index in [2.05, 4.69) is 20.8 Å². The average molecular weight is 717 g/mol. The van der Waals surface area contributed by atoms with Gasteiger partial charge in [-0.25, -0.2) is 0 Å². The molecule has 0 spiro atoms. The van der Waals surface area contributed by atoms with Crippen molar-refractivity contribution >= 4 is 23.9 Å². The maximum Gasteiger partial charge on any atom is 0.312 e. The van der Waals surface area contributed by atoms with E-state index in [0.29, 0.717) is 11.8 Å². The highest BCUT2D eigenvalue weighted by Crippen LogP contribution is 2.64. The topological polar surface area (TPSA) is 105 Å². The van der Waals surface area contributed by atoms with Crippen LogP contribution in [-0.4, -0.2) is 47.3 Å². The summed E-state index contributed by atoms with van der Waals surface area (Å²) in [5.74, 6) is 3.02. The lowest BCUT2D eigenvalue weighted by Crippen LogP contribution is -2.58. The summed E-state index contributed by atoms with van der Waals surface area (Å²) >= 11 is 0. The van der Waals surface area contributed by atoms with Crippen LogP contribution in [0.5, 0.6) is 0 Å². The molecule has 8 nitrogen and oxygen atoms in total. The van der Waals surface area contributed by atoms with Gasteiger partial charge in [0.15, 0.2) is 0 Å². The molecule has 0 aromatic carbocycles. The first-order valence-corrected chi connectivity index (χ1v) is 20.2. The Labute approximate surface area is 309 Å². The second kappa shape index (κ2) is 14.6. The highest BCUT2D eigenvalue weighted by Gasteiger charge is 2.63. The molecule has 0 aromatic heterocycles. The Bertz CT molecular complexity index is 1260. The van der Waals surface area contributed by atoms with E-state index in [-0.39, 0.29) is 69.5 Å². The number of rotatable bonds is 9. The van der Waals surface area contributed by atoms with Crippen molar-refractivity contribution in [1.29, 1.82) is 0 Å². The van der Waals surface area contributed by atoms with Crippen molar-refractivity contribution < 1.29 is 38.1 Å². The van der Waals surface area contributed by atoms with Gasteiger partial charge < -0.3 is 18.9 Å². The zero-order valence-electron chi connectivity index (χ0n) is 34.7. The SMILES string of the molecule is CCC(C)(C)C(=O)OC(C)(C)C.CCC(C)(C)C(=O)OC(C)(C)C12CC3CC(CC(C3)C1)C2.CCC(C)(C)C(=O)OC1C2CC3C(=O)OC1C3C2. The fraction of sp³-hybridized carbons (Fsp3) is 0.907. The second-order valence-corrected chi connectivity index (χ2v) is 20.6. The van der Waals surface area contributed by atoms with Crippen LogP contribution in [0.4, 0.5) is 0 Å². The molecule has 0 aromatic rings. The Kier molecular flexibility index (Phi) is 11.9. The molecule has 7 fully saturated rings. The van der Waals surface area contributed by atoms with E-state index in [4.69, 9.17) is 18.9 Å². The van der Waals surface area contributed by atoms with Gasteiger partial charge in [-0.3, -0.25) is 19.2 Å². The summed E-state index contributed by atoms with van der Waals surface area (Å²) in [7, 11) is 0. The van der Waals surface area contributed by atoms with Crippen LogP contribution < -0.4 is 0 Å². The Morgan fingerprint density at radius 1 is 0.647 bits per heavy atom. The fourth-order valence-corrected chi connectivity index (χ4v) is 9.52. The summed E-state index contributed by atoms with van der Waals surface area (Å²) in [6, 6.07) is 0. The number of esters is 4. The van der Waals surface area contributed by atoms with Gasteiger partial charge in [-0.05, 0) is 165 Å². The molecule has 6 aliphatic carbocycles. The number of carbonyl (C=O) groups excluding carboxylic acids is 4. The second-order valence-electron chi connectivity index (χ2n) is 20.6. The first-order valence-electron chi connectivity index (χ1n) is 20.2. The number of fused-ring (bicyclic) bond motifs is 1. The van der Waals surface area contributed by atoms with Gasteiger partial charge in [-0.1, -0.05) is 20.8 Å². The third-order valence-corrected chi connectivity index (χ3v) is 14.0. The lowest BCUT2D eigenvalue weighted by Gasteiger charge is -2.61. The predicted octanol–water partition coefficient (Wildman–Crippen LogP) is 9.64. The highest BCUT2D eigenvalue weighted by atomic mass is 16.6. The molecule has 5 atom stereocenters. The van der Waals surface area contributed by atoms with Crippen LogP contribution in [0.15, 0.2) is 0 Å². The lowest BCUT2D eigenvalue weighted by atomic mass is 9.46. The summed E-state index contributed by atoms with van der Waals surface area (Å²) in [5, 5.41) is 0. The number of carbonyl (C=O) groups is 4. The maximum atomic E-state index is 12.6. The van der Waals surface area contributed by atoms with Gasteiger partial charge in [0.05, 0.1) is 22.2 Å². The minimum absolute atomic E-state index is 0.00857. The van der Waals surface area contributed by atoms with Crippen LogP contribution in [-0.2, 0) is 38.1 Å². The molecular formula is C43H72O8. The third-order valence-electron chi connectivity index (χ3n) is 14.0. The molecule has 292 valence electrons. The van der Waals surface area contributed by atoms with Crippen molar-refractivity contribution in [3.8, 4) is 0 Å². The zero-order valence-corrected chi connectivity index (χ0v) is 34.7. The standard InChI is InChI=1S/C19H32O2.C14H20O4.C10H20O2/c1-6-17(2,3)16(20)21-18(4,5)19-10-13-7-14(11-19)9-15(8-13)12-19;1-4-14(2,3)13(16)18-10-7-5-8-9(6-7)12(15)17-11(8)10;1-7-10(5,6)8(11)12-9(2,3)4/h13-15H,6-12H2,1-5H3;7-11H,4-6H2,1-3H3;7H2,1-6H3. The highest BCUT2D eigenvalue weighted by molar-refractivity contribution is 5.78. The zero-order chi connectivity index (χ0) is 38.5. The van der Waals surface area contributed by atoms with Gasteiger partial charge >= 0.3 is 23.9 Å². The van der Waals surface area contributed by atoms with Gasteiger partial charge in [0.2, 0.25) is 0 Å². The molecule has 6 saturated carbocycles. The van der Waals surface area contributed by atoms with E-state index in [9.17, 15) is 19.2 Å². The van der Waals surface area contributed by atoms with Crippen LogP contribution in [0.3, 0.4) is 0 Å². The van der Waals surface area contributed by atoms with Crippen LogP contribution in [0.25, 0.3) is 0 Å². The molecule has 7 rings (SSSR count). The molecule has 1 aliphatic heterocycles. The summed E-state index contributed by atoms with van der Waals surface area (Å²) in [6.45, 7) is 27.7. The van der Waals surface area contributed by atoms with Gasteiger partial charge in [0.1, 0.15) is 23.4 Å². The summed E-state index contributed by atoms with van der Waals surface area (Å²) < 4.78 is 22.4. The minimum Gasteiger partial charge on any atom is -0.460 e. The molecule has 1 heterocycles. The monoisotopic (exact) mass is 717 g/mol. The number of hydrogen-bond acceptors (Lipinski definition) is 8. The molecule has 0 amide bonds. The van der Waals surface area contributed by atoms with Gasteiger partial charge in [0.25, 0.3) is 0 Å². The smallest absolute Gasteiger partial charge is 0.312 e. The van der Waals surface area contributed by atoms with Crippen molar-refractivity contribution in [1.82, 2.24) is 0 Å². The third kappa shape index (κ3) is 8.82. The molecule has 51 heavy (non-hydrogen) atoms. The van der Waals surface area contributed by atoms with Crippen molar-refractivity contribution in [2.75, 3.05) is 0 Å². The Hall–Kier alpha value is -2.12. The Morgan fingerprint density at radius 3 is 1.51 bits per heavy atom. The molecule has 6 bridgehead atoms. The Morgan fingerprint density at radius 2 is 1.08 bits per heavy atom. The van der Waals surface area contributed by atoms with E-state index in [1.165, 1.54) is 38.5 Å². The van der Waals surface area contributed by atoms with E-state index in [1.807, 2.05) is 76.2 Å². The van der Waals surface area contributed by atoms with Crippen molar-refractivity contribution in [3.05, 3.63) is 0 Å². The maximum absolute atomic E-state index is 12.6. The molecular weight excluding hydrogens is 644 g/mol. The van der Waals surface area contributed by atoms with Gasteiger partial charge in [0, 0.05) is 17.3 Å². The lowest BCUT2D eigenvalue weighted by molar-refractivity contribution is -0.206. The van der Waals surface area contributed by atoms with Crippen LogP contribution in [0.2, 0.25) is 0 Å². The van der Waals surface area contributed by atoms with E-state index < -0.39 is 5.41 Å². The number of ether oxygens (including phenoxy) is 4. The van der Waals surface area contributed by atoms with Gasteiger partial charge in [-0.2, -0.15) is 0 Å². The quantitative estimate of drug-likeness (QED) is 0.172. The Balaban J connectivity index is 0.000000179. The molecule has 0 N–H and O–H groups in total. The van der Waals surface area contributed by atoms with E-state index in [1.54, 1.807) is 0 Å². The normalized spacial score (nSPS) is 33.4. The largest absolute Gasteiger partial charge is 0.460 e. The van der Waals surface area contributed by atoms with E-state index >= 15 is 0 Å². The molecule has 7 aliphatic rings. The summed E-state index contributed by atoms with van der Waals surface area (Å²) in [6.07, 6.45) is 12.0. The van der Waals surface area contributed by atoms with Crippen molar-refractivity contribution in [3.63, 3.8) is 0 Å². The minimum atomic E-state index is -0.455. The first kappa shape index (κ1) is 41.6. The molecule has 0 radical (unpaired) electrons. The first-order chi connectivity index (χ1) is 23.3.